The summed E-state index contributed by atoms with van der Waals surface area (Å²) in [6.07, 6.45) is 4.33. The Kier molecular flexibility index (Phi) is 4.32. The number of hydrogen-bond donors (Lipinski definition) is 0. The summed E-state index contributed by atoms with van der Waals surface area (Å²) >= 11 is 0. The van der Waals surface area contributed by atoms with Gasteiger partial charge < -0.3 is 4.74 Å². The molecular weight excluding hydrogens is 222 g/mol. The molecule has 1 aliphatic rings. The molecule has 1 heterocycles. The van der Waals surface area contributed by atoms with Gasteiger partial charge in [0, 0.05) is 24.1 Å². The molecule has 18 heavy (non-hydrogen) atoms. The highest BCUT2D eigenvalue weighted by Crippen LogP contribution is 2.27. The molecule has 0 N–H and O–H groups in total. The van der Waals surface area contributed by atoms with Gasteiger partial charge in [0.25, 0.3) is 0 Å². The van der Waals surface area contributed by atoms with Crippen LogP contribution < -0.4 is 0 Å². The number of rotatable bonds is 2. The smallest absolute Gasteiger partial charge is 0.0703 e. The van der Waals surface area contributed by atoms with Gasteiger partial charge in [0.15, 0.2) is 0 Å². The lowest BCUT2D eigenvalue weighted by molar-refractivity contribution is 0.0634. The molecule has 0 amide bonds. The topological polar surface area (TPSA) is 21.6 Å². The zero-order chi connectivity index (χ0) is 13.0. The number of aliphatic imine (C=N–C) groups is 1. The molecule has 2 rings (SSSR count). The predicted octanol–water partition coefficient (Wildman–Crippen LogP) is 4.38. The first-order valence-electron chi connectivity index (χ1n) is 6.61. The molecule has 1 aromatic carbocycles. The van der Waals surface area contributed by atoms with Gasteiger partial charge in [-0.25, -0.2) is 0 Å². The van der Waals surface area contributed by atoms with Crippen LogP contribution in [0.5, 0.6) is 0 Å². The minimum atomic E-state index is 0.299. The van der Waals surface area contributed by atoms with Gasteiger partial charge in [-0.05, 0) is 32.4 Å². The molecule has 0 saturated carbocycles. The second-order valence-corrected chi connectivity index (χ2v) is 4.80. The average Bonchev–Trinajstić information content (AvgIpc) is 2.38. The maximum atomic E-state index is 5.55. The van der Waals surface area contributed by atoms with Crippen molar-refractivity contribution in [2.75, 3.05) is 6.61 Å². The van der Waals surface area contributed by atoms with Crippen LogP contribution in [0.3, 0.4) is 0 Å². The zero-order valence-electron chi connectivity index (χ0n) is 11.4. The SMILES string of the molecule is CC=C(C)c1ccccc1N=C1CCOC(C)C1. The Labute approximate surface area is 109 Å². The lowest BCUT2D eigenvalue weighted by Crippen LogP contribution is -2.22. The van der Waals surface area contributed by atoms with Crippen LogP contribution in [-0.2, 0) is 4.74 Å². The standard InChI is InChI=1S/C16H21NO/c1-4-12(2)15-7-5-6-8-16(15)17-14-9-10-18-13(3)11-14/h4-8,13H,9-11H2,1-3H3. The molecule has 1 fully saturated rings. The van der Waals surface area contributed by atoms with E-state index in [-0.39, 0.29) is 0 Å². The summed E-state index contributed by atoms with van der Waals surface area (Å²) in [5.41, 5.74) is 4.84. The van der Waals surface area contributed by atoms with Gasteiger partial charge in [-0.15, -0.1) is 0 Å². The minimum Gasteiger partial charge on any atom is -0.378 e. The molecule has 96 valence electrons. The van der Waals surface area contributed by atoms with E-state index in [1.54, 1.807) is 0 Å². The van der Waals surface area contributed by atoms with Gasteiger partial charge >= 0.3 is 0 Å². The van der Waals surface area contributed by atoms with Gasteiger partial charge in [-0.2, -0.15) is 0 Å². The van der Waals surface area contributed by atoms with Gasteiger partial charge in [0.05, 0.1) is 18.4 Å². The first-order valence-corrected chi connectivity index (χ1v) is 6.61. The molecule has 0 radical (unpaired) electrons. The van der Waals surface area contributed by atoms with Crippen molar-refractivity contribution in [3.63, 3.8) is 0 Å². The molecule has 2 nitrogen and oxygen atoms in total. The second kappa shape index (κ2) is 5.96. The average molecular weight is 243 g/mol. The van der Waals surface area contributed by atoms with E-state index in [0.717, 1.165) is 25.1 Å². The maximum absolute atomic E-state index is 5.55. The molecule has 1 saturated heterocycles. The van der Waals surface area contributed by atoms with E-state index in [0.29, 0.717) is 6.10 Å². The molecule has 0 aliphatic carbocycles. The molecule has 2 heteroatoms. The van der Waals surface area contributed by atoms with Crippen LogP contribution in [-0.4, -0.2) is 18.4 Å². The molecular formula is C16H21NO. The Morgan fingerprint density at radius 3 is 2.89 bits per heavy atom. The summed E-state index contributed by atoms with van der Waals surface area (Å²) in [6.45, 7) is 7.10. The minimum absolute atomic E-state index is 0.299. The number of hydrogen-bond acceptors (Lipinski definition) is 2. The number of benzene rings is 1. The molecule has 0 aromatic heterocycles. The van der Waals surface area contributed by atoms with Gasteiger partial charge in [-0.1, -0.05) is 24.3 Å². The largest absolute Gasteiger partial charge is 0.378 e. The fourth-order valence-electron chi connectivity index (χ4n) is 2.20. The van der Waals surface area contributed by atoms with E-state index in [1.165, 1.54) is 16.8 Å². The third kappa shape index (κ3) is 3.08. The van der Waals surface area contributed by atoms with Crippen LogP contribution in [0.15, 0.2) is 35.3 Å². The van der Waals surface area contributed by atoms with Crippen molar-refractivity contribution < 1.29 is 4.74 Å². The van der Waals surface area contributed by atoms with Crippen molar-refractivity contribution in [2.24, 2.45) is 4.99 Å². The predicted molar refractivity (Wildman–Crippen MR) is 77.5 cm³/mol. The first kappa shape index (κ1) is 13.0. The van der Waals surface area contributed by atoms with Crippen LogP contribution in [0.25, 0.3) is 5.57 Å². The summed E-state index contributed by atoms with van der Waals surface area (Å²) in [6, 6.07) is 8.35. The van der Waals surface area contributed by atoms with E-state index >= 15 is 0 Å². The van der Waals surface area contributed by atoms with E-state index < -0.39 is 0 Å². The molecule has 1 atom stereocenters. The Morgan fingerprint density at radius 2 is 2.17 bits per heavy atom. The second-order valence-electron chi connectivity index (χ2n) is 4.80. The Balaban J connectivity index is 2.31. The molecule has 0 bridgehead atoms. The fourth-order valence-corrected chi connectivity index (χ4v) is 2.20. The number of para-hydroxylation sites is 1. The Hall–Kier alpha value is -1.41. The van der Waals surface area contributed by atoms with Gasteiger partial charge in [0.1, 0.15) is 0 Å². The number of allylic oxidation sites excluding steroid dienone is 2. The quantitative estimate of drug-likeness (QED) is 0.755. The number of ether oxygens (including phenoxy) is 1. The van der Waals surface area contributed by atoms with E-state index in [2.05, 4.69) is 51.1 Å². The maximum Gasteiger partial charge on any atom is 0.0703 e. The highest BCUT2D eigenvalue weighted by atomic mass is 16.5. The van der Waals surface area contributed by atoms with Crippen molar-refractivity contribution in [3.05, 3.63) is 35.9 Å². The number of nitrogens with zero attached hydrogens (tertiary/aromatic N) is 1. The van der Waals surface area contributed by atoms with Crippen molar-refractivity contribution in [1.82, 2.24) is 0 Å². The van der Waals surface area contributed by atoms with Gasteiger partial charge in [0.2, 0.25) is 0 Å². The highest BCUT2D eigenvalue weighted by Gasteiger charge is 2.14. The summed E-state index contributed by atoms with van der Waals surface area (Å²) < 4.78 is 5.55. The molecule has 0 spiro atoms. The summed E-state index contributed by atoms with van der Waals surface area (Å²) in [7, 11) is 0. The Bertz CT molecular complexity index is 474. The van der Waals surface area contributed by atoms with E-state index in [1.807, 2.05) is 0 Å². The lowest BCUT2D eigenvalue weighted by Gasteiger charge is -2.20. The first-order chi connectivity index (χ1) is 8.70. The Morgan fingerprint density at radius 1 is 1.39 bits per heavy atom. The normalized spacial score (nSPS) is 23.4. The van der Waals surface area contributed by atoms with E-state index in [4.69, 9.17) is 9.73 Å². The summed E-state index contributed by atoms with van der Waals surface area (Å²) in [5.74, 6) is 0. The van der Waals surface area contributed by atoms with Crippen molar-refractivity contribution in [3.8, 4) is 0 Å². The van der Waals surface area contributed by atoms with Crippen LogP contribution >= 0.6 is 0 Å². The van der Waals surface area contributed by atoms with Crippen LogP contribution in [0.2, 0.25) is 0 Å². The zero-order valence-corrected chi connectivity index (χ0v) is 11.4. The highest BCUT2D eigenvalue weighted by molar-refractivity contribution is 5.89. The van der Waals surface area contributed by atoms with Crippen LogP contribution in [0, 0.1) is 0 Å². The third-order valence-electron chi connectivity index (χ3n) is 3.36. The van der Waals surface area contributed by atoms with Crippen molar-refractivity contribution >= 4 is 17.0 Å². The van der Waals surface area contributed by atoms with Crippen molar-refractivity contribution in [2.45, 2.75) is 39.7 Å². The molecule has 1 unspecified atom stereocenters. The lowest BCUT2D eigenvalue weighted by atomic mass is 10.0. The van der Waals surface area contributed by atoms with E-state index in [9.17, 15) is 0 Å². The fraction of sp³-hybridized carbons (Fsp3) is 0.438. The molecule has 1 aliphatic heterocycles. The monoisotopic (exact) mass is 243 g/mol. The van der Waals surface area contributed by atoms with Crippen LogP contribution in [0.4, 0.5) is 5.69 Å². The summed E-state index contributed by atoms with van der Waals surface area (Å²) in [4.78, 5) is 4.83. The van der Waals surface area contributed by atoms with Crippen LogP contribution in [0.1, 0.15) is 39.2 Å². The third-order valence-corrected chi connectivity index (χ3v) is 3.36. The summed E-state index contributed by atoms with van der Waals surface area (Å²) in [5, 5.41) is 0. The van der Waals surface area contributed by atoms with Crippen molar-refractivity contribution in [1.29, 1.82) is 0 Å². The van der Waals surface area contributed by atoms with Gasteiger partial charge in [-0.3, -0.25) is 4.99 Å². The molecule has 1 aromatic rings.